The van der Waals surface area contributed by atoms with Crippen molar-refractivity contribution in [3.05, 3.63) is 29.8 Å². The molecule has 0 fully saturated rings. The summed E-state index contributed by atoms with van der Waals surface area (Å²) >= 11 is 0. The Hall–Kier alpha value is -1.59. The lowest BCUT2D eigenvalue weighted by Crippen LogP contribution is -2.38. The maximum atomic E-state index is 11.7. The topological polar surface area (TPSA) is 62.4 Å². The zero-order chi connectivity index (χ0) is 14.3. The highest BCUT2D eigenvalue weighted by molar-refractivity contribution is 5.89. The van der Waals surface area contributed by atoms with Gasteiger partial charge in [-0.05, 0) is 38.6 Å². The molecule has 0 radical (unpaired) electrons. The lowest BCUT2D eigenvalue weighted by molar-refractivity contribution is 0.173. The second-order valence-electron chi connectivity index (χ2n) is 4.59. The summed E-state index contributed by atoms with van der Waals surface area (Å²) in [7, 11) is 3.53. The zero-order valence-electron chi connectivity index (χ0n) is 12.0. The summed E-state index contributed by atoms with van der Waals surface area (Å²) in [6.07, 6.45) is 0. The van der Waals surface area contributed by atoms with Gasteiger partial charge in [0.05, 0.1) is 12.6 Å². The normalized spacial score (nSPS) is 13.7. The van der Waals surface area contributed by atoms with Crippen molar-refractivity contribution in [1.29, 1.82) is 0 Å². The summed E-state index contributed by atoms with van der Waals surface area (Å²) in [5.74, 6) is 0. The summed E-state index contributed by atoms with van der Waals surface area (Å²) in [6, 6.07) is 7.83. The Labute approximate surface area is 114 Å². The van der Waals surface area contributed by atoms with Gasteiger partial charge in [0.2, 0.25) is 0 Å². The number of hydrogen-bond acceptors (Lipinski definition) is 3. The number of benzene rings is 1. The van der Waals surface area contributed by atoms with Crippen LogP contribution in [0.25, 0.3) is 0 Å². The van der Waals surface area contributed by atoms with Crippen molar-refractivity contribution in [3.8, 4) is 0 Å². The largest absolute Gasteiger partial charge is 0.383 e. The van der Waals surface area contributed by atoms with Crippen LogP contribution in [0.4, 0.5) is 10.5 Å². The van der Waals surface area contributed by atoms with Crippen LogP contribution in [0.1, 0.15) is 25.5 Å². The van der Waals surface area contributed by atoms with Crippen molar-refractivity contribution in [1.82, 2.24) is 10.6 Å². The van der Waals surface area contributed by atoms with Crippen molar-refractivity contribution < 1.29 is 9.53 Å². The number of nitrogens with one attached hydrogen (secondary N) is 3. The van der Waals surface area contributed by atoms with Crippen molar-refractivity contribution >= 4 is 11.7 Å². The molecule has 2 unspecified atom stereocenters. The molecule has 0 aromatic heterocycles. The van der Waals surface area contributed by atoms with E-state index in [0.717, 1.165) is 5.69 Å². The Morgan fingerprint density at radius 2 is 1.89 bits per heavy atom. The van der Waals surface area contributed by atoms with E-state index in [2.05, 4.69) is 22.9 Å². The molecule has 0 bridgehead atoms. The number of rotatable bonds is 6. The third-order valence-corrected chi connectivity index (χ3v) is 2.90. The molecule has 2 atom stereocenters. The number of anilines is 1. The predicted molar refractivity (Wildman–Crippen MR) is 77.4 cm³/mol. The van der Waals surface area contributed by atoms with Crippen molar-refractivity contribution in [2.24, 2.45) is 0 Å². The summed E-state index contributed by atoms with van der Waals surface area (Å²) in [5.41, 5.74) is 1.95. The summed E-state index contributed by atoms with van der Waals surface area (Å²) in [4.78, 5) is 11.7. The Balaban J connectivity index is 2.51. The van der Waals surface area contributed by atoms with Crippen LogP contribution in [0.5, 0.6) is 0 Å². The van der Waals surface area contributed by atoms with E-state index in [9.17, 15) is 4.79 Å². The van der Waals surface area contributed by atoms with Gasteiger partial charge < -0.3 is 20.7 Å². The monoisotopic (exact) mass is 265 g/mol. The fraction of sp³-hybridized carbons (Fsp3) is 0.500. The highest BCUT2D eigenvalue weighted by Gasteiger charge is 2.07. The molecule has 0 aliphatic carbocycles. The second kappa shape index (κ2) is 7.76. The average Bonchev–Trinajstić information content (AvgIpc) is 2.38. The van der Waals surface area contributed by atoms with Crippen LogP contribution >= 0.6 is 0 Å². The molecule has 0 spiro atoms. The number of hydrogen-bond donors (Lipinski definition) is 3. The molecule has 0 aliphatic rings. The van der Waals surface area contributed by atoms with Gasteiger partial charge in [-0.15, -0.1) is 0 Å². The Bertz CT molecular complexity index is 392. The first kappa shape index (κ1) is 15.5. The zero-order valence-corrected chi connectivity index (χ0v) is 12.0. The first-order valence-electron chi connectivity index (χ1n) is 6.40. The first-order valence-corrected chi connectivity index (χ1v) is 6.40. The van der Waals surface area contributed by atoms with Gasteiger partial charge in [0.1, 0.15) is 0 Å². The first-order chi connectivity index (χ1) is 9.06. The molecule has 0 saturated heterocycles. The van der Waals surface area contributed by atoms with E-state index in [4.69, 9.17) is 4.74 Å². The van der Waals surface area contributed by atoms with Crippen LogP contribution in [0, 0.1) is 0 Å². The van der Waals surface area contributed by atoms with E-state index >= 15 is 0 Å². The lowest BCUT2D eigenvalue weighted by Gasteiger charge is -2.14. The SMILES string of the molecule is CNC(C)c1ccc(NC(=O)NC(C)COC)cc1. The minimum atomic E-state index is -0.223. The highest BCUT2D eigenvalue weighted by Crippen LogP contribution is 2.15. The van der Waals surface area contributed by atoms with E-state index in [-0.39, 0.29) is 12.1 Å². The average molecular weight is 265 g/mol. The van der Waals surface area contributed by atoms with Crippen LogP contribution < -0.4 is 16.0 Å². The Morgan fingerprint density at radius 1 is 1.26 bits per heavy atom. The fourth-order valence-electron chi connectivity index (χ4n) is 1.70. The third-order valence-electron chi connectivity index (χ3n) is 2.90. The van der Waals surface area contributed by atoms with Gasteiger partial charge in [-0.25, -0.2) is 4.79 Å². The van der Waals surface area contributed by atoms with E-state index in [1.807, 2.05) is 38.2 Å². The van der Waals surface area contributed by atoms with Crippen LogP contribution in [0.2, 0.25) is 0 Å². The van der Waals surface area contributed by atoms with Crippen LogP contribution in [-0.4, -0.2) is 32.8 Å². The maximum absolute atomic E-state index is 11.7. The van der Waals surface area contributed by atoms with Crippen molar-refractivity contribution in [2.75, 3.05) is 26.1 Å². The van der Waals surface area contributed by atoms with Gasteiger partial charge in [0.15, 0.2) is 0 Å². The molecule has 1 rings (SSSR count). The lowest BCUT2D eigenvalue weighted by atomic mass is 10.1. The molecule has 5 heteroatoms. The molecule has 1 aromatic rings. The quantitative estimate of drug-likeness (QED) is 0.738. The van der Waals surface area contributed by atoms with Crippen molar-refractivity contribution in [3.63, 3.8) is 0 Å². The Kier molecular flexibility index (Phi) is 6.32. The summed E-state index contributed by atoms with van der Waals surface area (Å²) < 4.78 is 4.96. The number of methoxy groups -OCH3 is 1. The molecular formula is C14H23N3O2. The molecule has 1 aromatic carbocycles. The second-order valence-corrected chi connectivity index (χ2v) is 4.59. The summed E-state index contributed by atoms with van der Waals surface area (Å²) in [5, 5.41) is 8.75. The number of urea groups is 1. The van der Waals surface area contributed by atoms with E-state index in [0.29, 0.717) is 12.6 Å². The molecule has 0 aliphatic heterocycles. The van der Waals surface area contributed by atoms with Gasteiger partial charge in [0.25, 0.3) is 0 Å². The van der Waals surface area contributed by atoms with E-state index in [1.54, 1.807) is 7.11 Å². The Morgan fingerprint density at radius 3 is 2.42 bits per heavy atom. The number of carbonyl (C=O) groups excluding carboxylic acids is 1. The van der Waals surface area contributed by atoms with E-state index < -0.39 is 0 Å². The van der Waals surface area contributed by atoms with Gasteiger partial charge in [-0.3, -0.25) is 0 Å². The minimum Gasteiger partial charge on any atom is -0.383 e. The van der Waals surface area contributed by atoms with Gasteiger partial charge in [-0.2, -0.15) is 0 Å². The third kappa shape index (κ3) is 5.28. The number of carbonyl (C=O) groups is 1. The maximum Gasteiger partial charge on any atom is 0.319 e. The smallest absolute Gasteiger partial charge is 0.319 e. The minimum absolute atomic E-state index is 0.0198. The number of ether oxygens (including phenoxy) is 1. The molecule has 0 saturated carbocycles. The van der Waals surface area contributed by atoms with Crippen LogP contribution in [0.3, 0.4) is 0 Å². The molecular weight excluding hydrogens is 242 g/mol. The number of amides is 2. The van der Waals surface area contributed by atoms with Crippen molar-refractivity contribution in [2.45, 2.75) is 25.9 Å². The van der Waals surface area contributed by atoms with Gasteiger partial charge in [0, 0.05) is 18.8 Å². The molecule has 5 nitrogen and oxygen atoms in total. The van der Waals surface area contributed by atoms with Crippen LogP contribution in [0.15, 0.2) is 24.3 Å². The fourth-order valence-corrected chi connectivity index (χ4v) is 1.70. The molecule has 2 amide bonds. The summed E-state index contributed by atoms with van der Waals surface area (Å²) in [6.45, 7) is 4.47. The highest BCUT2D eigenvalue weighted by atomic mass is 16.5. The molecule has 106 valence electrons. The van der Waals surface area contributed by atoms with Gasteiger partial charge in [-0.1, -0.05) is 12.1 Å². The van der Waals surface area contributed by atoms with E-state index in [1.165, 1.54) is 5.56 Å². The van der Waals surface area contributed by atoms with Crippen LogP contribution in [-0.2, 0) is 4.74 Å². The van der Waals surface area contributed by atoms with Gasteiger partial charge >= 0.3 is 6.03 Å². The molecule has 3 N–H and O–H groups in total. The molecule has 0 heterocycles. The standard InChI is InChI=1S/C14H23N3O2/c1-10(9-19-4)16-14(18)17-13-7-5-12(6-8-13)11(2)15-3/h5-8,10-11,15H,9H2,1-4H3,(H2,16,17,18). The molecule has 19 heavy (non-hydrogen) atoms. The predicted octanol–water partition coefficient (Wildman–Crippen LogP) is 2.12.